The largest absolute Gasteiger partial charge is 0.455 e. The third-order valence-electron chi connectivity index (χ3n) is 4.67. The first-order valence-electron chi connectivity index (χ1n) is 8.55. The lowest BCUT2D eigenvalue weighted by atomic mass is 10.3. The minimum absolute atomic E-state index is 0.0721. The predicted molar refractivity (Wildman–Crippen MR) is 96.3 cm³/mol. The molecule has 2 fully saturated rings. The van der Waals surface area contributed by atoms with Crippen molar-refractivity contribution in [1.82, 2.24) is 4.31 Å². The summed E-state index contributed by atoms with van der Waals surface area (Å²) in [6.45, 7) is 2.49. The molecule has 142 valence electrons. The first-order valence-corrected chi connectivity index (χ1v) is 10.4. The molecule has 0 spiro atoms. The third-order valence-corrected chi connectivity index (χ3v) is 6.90. The molecular weight excluding hydrogens is 380 g/mol. The number of sulfonamides is 1. The van der Waals surface area contributed by atoms with E-state index in [-0.39, 0.29) is 27.5 Å². The second-order valence-corrected chi connectivity index (χ2v) is 9.07. The van der Waals surface area contributed by atoms with Gasteiger partial charge in [-0.15, -0.1) is 0 Å². The lowest BCUT2D eigenvalue weighted by Crippen LogP contribution is -2.28. The van der Waals surface area contributed by atoms with Gasteiger partial charge in [0.1, 0.15) is 0 Å². The van der Waals surface area contributed by atoms with Gasteiger partial charge in [0.15, 0.2) is 6.61 Å². The van der Waals surface area contributed by atoms with Gasteiger partial charge in [0.2, 0.25) is 10.0 Å². The molecule has 3 rings (SSSR count). The number of halogens is 1. The van der Waals surface area contributed by atoms with Crippen molar-refractivity contribution in [3.63, 3.8) is 0 Å². The van der Waals surface area contributed by atoms with Crippen LogP contribution in [-0.2, 0) is 24.3 Å². The van der Waals surface area contributed by atoms with Gasteiger partial charge in [0.05, 0.1) is 21.5 Å². The van der Waals surface area contributed by atoms with Crippen LogP contribution in [0.25, 0.3) is 0 Å². The Labute approximate surface area is 157 Å². The Morgan fingerprint density at radius 3 is 2.58 bits per heavy atom. The molecule has 1 aromatic rings. The van der Waals surface area contributed by atoms with E-state index in [0.29, 0.717) is 19.0 Å². The number of benzene rings is 1. The number of hydrogen-bond donors (Lipinski definition) is 1. The molecule has 1 aliphatic heterocycles. The van der Waals surface area contributed by atoms with Gasteiger partial charge in [-0.05, 0) is 43.4 Å². The summed E-state index contributed by atoms with van der Waals surface area (Å²) in [5, 5.41) is 2.72. The number of anilines is 1. The van der Waals surface area contributed by atoms with Gasteiger partial charge in [-0.2, -0.15) is 4.31 Å². The number of hydrogen-bond acceptors (Lipinski definition) is 5. The molecule has 2 aliphatic rings. The van der Waals surface area contributed by atoms with Gasteiger partial charge in [-0.1, -0.05) is 18.5 Å². The normalized spacial score (nSPS) is 22.8. The average Bonchev–Trinajstić information content (AvgIpc) is 3.10. The van der Waals surface area contributed by atoms with E-state index in [2.05, 4.69) is 5.32 Å². The maximum absolute atomic E-state index is 12.6. The van der Waals surface area contributed by atoms with Crippen LogP contribution in [0, 0.1) is 11.8 Å². The van der Waals surface area contributed by atoms with E-state index in [9.17, 15) is 18.0 Å². The van der Waals surface area contributed by atoms with E-state index in [1.807, 2.05) is 6.92 Å². The second kappa shape index (κ2) is 7.54. The molecule has 1 heterocycles. The van der Waals surface area contributed by atoms with Gasteiger partial charge in [-0.25, -0.2) is 8.42 Å². The molecule has 0 radical (unpaired) electrons. The van der Waals surface area contributed by atoms with Crippen LogP contribution < -0.4 is 5.32 Å². The number of ether oxygens (including phenoxy) is 1. The maximum Gasteiger partial charge on any atom is 0.309 e. The third kappa shape index (κ3) is 4.19. The summed E-state index contributed by atoms with van der Waals surface area (Å²) in [7, 11) is -3.61. The Morgan fingerprint density at radius 1 is 1.31 bits per heavy atom. The topological polar surface area (TPSA) is 92.8 Å². The Bertz CT molecular complexity index is 820. The minimum Gasteiger partial charge on any atom is -0.455 e. The Morgan fingerprint density at radius 2 is 1.96 bits per heavy atom. The van der Waals surface area contributed by atoms with Crippen molar-refractivity contribution in [2.24, 2.45) is 11.8 Å². The van der Waals surface area contributed by atoms with Crippen molar-refractivity contribution in [2.75, 3.05) is 25.0 Å². The molecule has 1 saturated heterocycles. The Balaban J connectivity index is 1.65. The quantitative estimate of drug-likeness (QED) is 0.739. The fourth-order valence-corrected chi connectivity index (χ4v) is 4.63. The molecule has 0 aromatic heterocycles. The number of nitrogens with zero attached hydrogens (tertiary/aromatic N) is 1. The highest BCUT2D eigenvalue weighted by Crippen LogP contribution is 2.38. The first-order chi connectivity index (χ1) is 12.3. The molecule has 2 atom stereocenters. The molecule has 1 aromatic carbocycles. The van der Waals surface area contributed by atoms with Crippen molar-refractivity contribution < 1.29 is 22.7 Å². The maximum atomic E-state index is 12.6. The number of rotatable bonds is 6. The van der Waals surface area contributed by atoms with Crippen LogP contribution >= 0.6 is 11.6 Å². The molecule has 1 aliphatic carbocycles. The molecule has 0 bridgehead atoms. The van der Waals surface area contributed by atoms with Crippen LogP contribution in [0.15, 0.2) is 23.1 Å². The molecule has 7 nitrogen and oxygen atoms in total. The van der Waals surface area contributed by atoms with Crippen LogP contribution in [0.2, 0.25) is 5.02 Å². The molecule has 9 heteroatoms. The van der Waals surface area contributed by atoms with Crippen LogP contribution in [-0.4, -0.2) is 44.3 Å². The fraction of sp³-hybridized carbons (Fsp3) is 0.529. The summed E-state index contributed by atoms with van der Waals surface area (Å²) < 4.78 is 31.6. The van der Waals surface area contributed by atoms with Crippen LogP contribution in [0.1, 0.15) is 26.2 Å². The zero-order valence-corrected chi connectivity index (χ0v) is 16.0. The van der Waals surface area contributed by atoms with Gasteiger partial charge in [0, 0.05) is 13.1 Å². The van der Waals surface area contributed by atoms with Crippen molar-refractivity contribution in [2.45, 2.75) is 31.1 Å². The number of carbonyl (C=O) groups is 2. The van der Waals surface area contributed by atoms with Crippen molar-refractivity contribution in [3.8, 4) is 0 Å². The molecule has 1 N–H and O–H groups in total. The van der Waals surface area contributed by atoms with Gasteiger partial charge < -0.3 is 10.1 Å². The predicted octanol–water partition coefficient (Wildman–Crippen LogP) is 2.26. The SMILES string of the molecule is C[C@@H]1C[C@@H]1C(=O)OCC(=O)Nc1cc(S(=O)(=O)N2CCCC2)ccc1Cl. The lowest BCUT2D eigenvalue weighted by Gasteiger charge is -2.16. The highest BCUT2D eigenvalue weighted by atomic mass is 35.5. The summed E-state index contributed by atoms with van der Waals surface area (Å²) in [5.74, 6) is -0.777. The van der Waals surface area contributed by atoms with E-state index < -0.39 is 22.5 Å². The number of nitrogens with one attached hydrogen (secondary N) is 1. The average molecular weight is 401 g/mol. The van der Waals surface area contributed by atoms with Crippen molar-refractivity contribution in [3.05, 3.63) is 23.2 Å². The summed E-state index contributed by atoms with van der Waals surface area (Å²) in [4.78, 5) is 23.7. The molecule has 0 unspecified atom stereocenters. The summed E-state index contributed by atoms with van der Waals surface area (Å²) in [6.07, 6.45) is 2.45. The van der Waals surface area contributed by atoms with Crippen LogP contribution in [0.5, 0.6) is 0 Å². The Kier molecular flexibility index (Phi) is 5.55. The van der Waals surface area contributed by atoms with Crippen molar-refractivity contribution >= 4 is 39.2 Å². The fourth-order valence-electron chi connectivity index (χ4n) is 2.92. The Hall–Kier alpha value is -1.64. The summed E-state index contributed by atoms with van der Waals surface area (Å²) in [6, 6.07) is 4.18. The lowest BCUT2D eigenvalue weighted by molar-refractivity contribution is -0.148. The van der Waals surface area contributed by atoms with Crippen molar-refractivity contribution in [1.29, 1.82) is 0 Å². The monoisotopic (exact) mass is 400 g/mol. The van der Waals surface area contributed by atoms with E-state index in [1.165, 1.54) is 22.5 Å². The van der Waals surface area contributed by atoms with E-state index in [0.717, 1.165) is 19.3 Å². The second-order valence-electron chi connectivity index (χ2n) is 6.73. The van der Waals surface area contributed by atoms with Crippen LogP contribution in [0.4, 0.5) is 5.69 Å². The van der Waals surface area contributed by atoms with Gasteiger partial charge >= 0.3 is 5.97 Å². The van der Waals surface area contributed by atoms with E-state index >= 15 is 0 Å². The summed E-state index contributed by atoms with van der Waals surface area (Å²) in [5.41, 5.74) is 0.174. The molecule has 1 amide bonds. The van der Waals surface area contributed by atoms with Crippen LogP contribution in [0.3, 0.4) is 0 Å². The molecule has 26 heavy (non-hydrogen) atoms. The molecular formula is C17H21ClN2O5S. The van der Waals surface area contributed by atoms with Gasteiger partial charge in [-0.3, -0.25) is 9.59 Å². The van der Waals surface area contributed by atoms with E-state index in [4.69, 9.17) is 16.3 Å². The highest BCUT2D eigenvalue weighted by Gasteiger charge is 2.40. The molecule has 1 saturated carbocycles. The first kappa shape index (κ1) is 19.1. The van der Waals surface area contributed by atoms with Gasteiger partial charge in [0.25, 0.3) is 5.91 Å². The smallest absolute Gasteiger partial charge is 0.309 e. The minimum atomic E-state index is -3.61. The number of esters is 1. The van der Waals surface area contributed by atoms with E-state index in [1.54, 1.807) is 0 Å². The zero-order valence-electron chi connectivity index (χ0n) is 14.4. The highest BCUT2D eigenvalue weighted by molar-refractivity contribution is 7.89. The number of carbonyl (C=O) groups excluding carboxylic acids is 2. The summed E-state index contributed by atoms with van der Waals surface area (Å²) >= 11 is 6.06. The standard InChI is InChI=1S/C17H21ClN2O5S/c1-11-8-13(11)17(22)25-10-16(21)19-15-9-12(4-5-14(15)18)26(23,24)20-6-2-3-7-20/h4-5,9,11,13H,2-3,6-8,10H2,1H3,(H,19,21)/t11-,13+/m1/s1. The zero-order chi connectivity index (χ0) is 18.9. The number of amides is 1.